The Bertz CT molecular complexity index is 705. The minimum absolute atomic E-state index is 0.383. The lowest BCUT2D eigenvalue weighted by Gasteiger charge is -2.39. The van der Waals surface area contributed by atoms with Crippen LogP contribution in [0.4, 0.5) is 0 Å². The van der Waals surface area contributed by atoms with Gasteiger partial charge in [0, 0.05) is 5.56 Å². The van der Waals surface area contributed by atoms with E-state index in [1.54, 1.807) is 0 Å². The molecule has 24 heavy (non-hydrogen) atoms. The summed E-state index contributed by atoms with van der Waals surface area (Å²) < 4.78 is 11.7. The van der Waals surface area contributed by atoms with Crippen molar-refractivity contribution in [3.8, 4) is 11.5 Å². The van der Waals surface area contributed by atoms with Crippen molar-refractivity contribution in [3.63, 3.8) is 0 Å². The zero-order valence-electron chi connectivity index (χ0n) is 13.8. The van der Waals surface area contributed by atoms with Crippen molar-refractivity contribution in [2.45, 2.75) is 38.2 Å². The van der Waals surface area contributed by atoms with Crippen LogP contribution in [-0.4, -0.2) is 17.7 Å². The Kier molecular flexibility index (Phi) is 4.74. The first-order valence-electron chi connectivity index (χ1n) is 8.34. The number of carboxylic acid groups (broad SMARTS) is 1. The summed E-state index contributed by atoms with van der Waals surface area (Å²) in [7, 11) is 0. The standard InChI is InChI=1S/C20H22O4/c1-2-23-17-11-6-10-16(20(19(21)22)12-7-13-20)18(17)24-14-15-8-4-3-5-9-15/h3-6,8-11H,2,7,12-14H2,1H3,(H,21,22). The molecule has 126 valence electrons. The molecule has 1 aliphatic carbocycles. The molecule has 0 unspecified atom stereocenters. The van der Waals surface area contributed by atoms with Gasteiger partial charge < -0.3 is 14.6 Å². The van der Waals surface area contributed by atoms with Gasteiger partial charge in [-0.1, -0.05) is 48.9 Å². The van der Waals surface area contributed by atoms with Crippen LogP contribution >= 0.6 is 0 Å². The molecule has 1 aliphatic rings. The van der Waals surface area contributed by atoms with Gasteiger partial charge in [0.15, 0.2) is 11.5 Å². The second-order valence-corrected chi connectivity index (χ2v) is 6.08. The van der Waals surface area contributed by atoms with E-state index in [9.17, 15) is 9.90 Å². The maximum atomic E-state index is 11.9. The zero-order valence-corrected chi connectivity index (χ0v) is 13.8. The van der Waals surface area contributed by atoms with Gasteiger partial charge in [0.25, 0.3) is 0 Å². The molecule has 0 saturated heterocycles. The SMILES string of the molecule is CCOc1cccc(C2(C(=O)O)CCC2)c1OCc1ccccc1. The molecule has 1 saturated carbocycles. The second-order valence-electron chi connectivity index (χ2n) is 6.08. The van der Waals surface area contributed by atoms with Crippen LogP contribution in [0, 0.1) is 0 Å². The Morgan fingerprint density at radius 3 is 2.42 bits per heavy atom. The van der Waals surface area contributed by atoms with Crippen molar-refractivity contribution in [2.75, 3.05) is 6.61 Å². The first-order chi connectivity index (χ1) is 11.7. The van der Waals surface area contributed by atoms with Gasteiger partial charge >= 0.3 is 5.97 Å². The summed E-state index contributed by atoms with van der Waals surface area (Å²) in [6.45, 7) is 2.79. The van der Waals surface area contributed by atoms with E-state index >= 15 is 0 Å². The van der Waals surface area contributed by atoms with Crippen LogP contribution in [0.1, 0.15) is 37.3 Å². The third-order valence-electron chi connectivity index (χ3n) is 4.64. The number of aliphatic carboxylic acids is 1. The molecule has 0 spiro atoms. The number of carboxylic acids is 1. The first kappa shape index (κ1) is 16.4. The topological polar surface area (TPSA) is 55.8 Å². The highest BCUT2D eigenvalue weighted by Gasteiger charge is 2.48. The lowest BCUT2D eigenvalue weighted by atomic mass is 9.64. The molecule has 2 aromatic carbocycles. The molecule has 0 bridgehead atoms. The normalized spacial score (nSPS) is 15.4. The van der Waals surface area contributed by atoms with Crippen LogP contribution in [0.25, 0.3) is 0 Å². The number of rotatable bonds is 7. The molecule has 2 aromatic rings. The molecule has 4 heteroatoms. The summed E-state index contributed by atoms with van der Waals surface area (Å²) in [6, 6.07) is 15.4. The number of para-hydroxylation sites is 1. The number of carbonyl (C=O) groups is 1. The maximum Gasteiger partial charge on any atom is 0.314 e. The van der Waals surface area contributed by atoms with Crippen molar-refractivity contribution in [1.29, 1.82) is 0 Å². The fourth-order valence-corrected chi connectivity index (χ4v) is 3.17. The molecule has 0 atom stereocenters. The van der Waals surface area contributed by atoms with E-state index in [0.717, 1.165) is 17.5 Å². The highest BCUT2D eigenvalue weighted by Crippen LogP contribution is 2.50. The average Bonchev–Trinajstić information content (AvgIpc) is 2.54. The summed E-state index contributed by atoms with van der Waals surface area (Å²) in [5, 5.41) is 9.77. The molecular formula is C20H22O4. The predicted molar refractivity (Wildman–Crippen MR) is 91.5 cm³/mol. The molecular weight excluding hydrogens is 304 g/mol. The average molecular weight is 326 g/mol. The monoisotopic (exact) mass is 326 g/mol. The Morgan fingerprint density at radius 2 is 1.83 bits per heavy atom. The van der Waals surface area contributed by atoms with E-state index in [2.05, 4.69) is 0 Å². The van der Waals surface area contributed by atoms with Crippen LogP contribution in [0.5, 0.6) is 11.5 Å². The van der Waals surface area contributed by atoms with Crippen LogP contribution in [-0.2, 0) is 16.8 Å². The third kappa shape index (κ3) is 2.96. The molecule has 0 amide bonds. The van der Waals surface area contributed by atoms with Crippen molar-refractivity contribution < 1.29 is 19.4 Å². The molecule has 0 aromatic heterocycles. The quantitative estimate of drug-likeness (QED) is 0.829. The molecule has 0 aliphatic heterocycles. The van der Waals surface area contributed by atoms with Gasteiger partial charge in [0.2, 0.25) is 0 Å². The van der Waals surface area contributed by atoms with Gasteiger partial charge in [-0.25, -0.2) is 0 Å². The largest absolute Gasteiger partial charge is 0.490 e. The van der Waals surface area contributed by atoms with Crippen LogP contribution in [0.3, 0.4) is 0 Å². The lowest BCUT2D eigenvalue weighted by Crippen LogP contribution is -2.42. The predicted octanol–water partition coefficient (Wildman–Crippen LogP) is 4.17. The maximum absolute atomic E-state index is 11.9. The molecule has 0 radical (unpaired) electrons. The second kappa shape index (κ2) is 6.95. The minimum atomic E-state index is -0.848. The van der Waals surface area contributed by atoms with Gasteiger partial charge in [-0.15, -0.1) is 0 Å². The fraction of sp³-hybridized carbons (Fsp3) is 0.350. The first-order valence-corrected chi connectivity index (χ1v) is 8.34. The van der Waals surface area contributed by atoms with Crippen molar-refractivity contribution in [2.24, 2.45) is 0 Å². The number of benzene rings is 2. The van der Waals surface area contributed by atoms with E-state index < -0.39 is 11.4 Å². The smallest absolute Gasteiger partial charge is 0.314 e. The molecule has 4 nitrogen and oxygen atoms in total. The summed E-state index contributed by atoms with van der Waals surface area (Å²) in [4.78, 5) is 11.9. The fourth-order valence-electron chi connectivity index (χ4n) is 3.17. The Labute approximate surface area is 142 Å². The van der Waals surface area contributed by atoms with Gasteiger partial charge in [-0.3, -0.25) is 4.79 Å². The summed E-state index contributed by atoms with van der Waals surface area (Å²) >= 11 is 0. The van der Waals surface area contributed by atoms with Crippen molar-refractivity contribution >= 4 is 5.97 Å². The van der Waals surface area contributed by atoms with E-state index in [0.29, 0.717) is 37.6 Å². The van der Waals surface area contributed by atoms with Crippen molar-refractivity contribution in [1.82, 2.24) is 0 Å². The Morgan fingerprint density at radius 1 is 1.08 bits per heavy atom. The van der Waals surface area contributed by atoms with Crippen LogP contribution < -0.4 is 9.47 Å². The van der Waals surface area contributed by atoms with Crippen LogP contribution in [0.15, 0.2) is 48.5 Å². The van der Waals surface area contributed by atoms with Gasteiger partial charge in [0.1, 0.15) is 6.61 Å². The third-order valence-corrected chi connectivity index (χ3v) is 4.64. The number of hydrogen-bond acceptors (Lipinski definition) is 3. The summed E-state index contributed by atoms with van der Waals surface area (Å²) in [5.74, 6) is 0.385. The number of hydrogen-bond donors (Lipinski definition) is 1. The van der Waals surface area contributed by atoms with Crippen LogP contribution in [0.2, 0.25) is 0 Å². The molecule has 0 heterocycles. The van der Waals surface area contributed by atoms with E-state index in [-0.39, 0.29) is 0 Å². The highest BCUT2D eigenvalue weighted by molar-refractivity contribution is 5.84. The molecule has 3 rings (SSSR count). The molecule has 1 fully saturated rings. The van der Waals surface area contributed by atoms with E-state index in [1.807, 2.05) is 55.5 Å². The van der Waals surface area contributed by atoms with Gasteiger partial charge in [0.05, 0.1) is 12.0 Å². The van der Waals surface area contributed by atoms with Crippen molar-refractivity contribution in [3.05, 3.63) is 59.7 Å². The number of ether oxygens (including phenoxy) is 2. The highest BCUT2D eigenvalue weighted by atomic mass is 16.5. The van der Waals surface area contributed by atoms with E-state index in [4.69, 9.17) is 9.47 Å². The lowest BCUT2D eigenvalue weighted by molar-refractivity contribution is -0.147. The van der Waals surface area contributed by atoms with Gasteiger partial charge in [-0.2, -0.15) is 0 Å². The zero-order chi connectivity index (χ0) is 17.0. The minimum Gasteiger partial charge on any atom is -0.490 e. The molecule has 1 N–H and O–H groups in total. The van der Waals surface area contributed by atoms with E-state index in [1.165, 1.54) is 0 Å². The van der Waals surface area contributed by atoms with Gasteiger partial charge in [-0.05, 0) is 31.4 Å². The Hall–Kier alpha value is -2.49. The summed E-state index contributed by atoms with van der Waals surface area (Å²) in [6.07, 6.45) is 2.20. The summed E-state index contributed by atoms with van der Waals surface area (Å²) in [5.41, 5.74) is 0.912. The Balaban J connectivity index is 1.96.